The largest absolute Gasteiger partial charge is 0.328 e. The molecule has 6 nitrogen and oxygen atoms in total. The molecule has 0 bridgehead atoms. The molecule has 0 radical (unpaired) electrons. The molecular formula is C16H14FN3O3S. The molecule has 3 rings (SSSR count). The first-order chi connectivity index (χ1) is 11.5. The molecule has 1 aromatic heterocycles. The first-order valence-corrected chi connectivity index (χ1v) is 8.34. The molecule has 1 atom stereocenters. The molecule has 1 fully saturated rings. The lowest BCUT2D eigenvalue weighted by Gasteiger charge is -2.23. The van der Waals surface area contributed by atoms with Gasteiger partial charge in [0, 0.05) is 23.7 Å². The highest BCUT2D eigenvalue weighted by molar-refractivity contribution is 7.99. The molecule has 8 heteroatoms. The number of anilines is 1. The number of thioether (sulfide) groups is 1. The second-order valence-corrected chi connectivity index (χ2v) is 6.23. The van der Waals surface area contributed by atoms with E-state index in [4.69, 9.17) is 0 Å². The fourth-order valence-corrected chi connectivity index (χ4v) is 3.52. The lowest BCUT2D eigenvalue weighted by Crippen LogP contribution is -2.44. The third kappa shape index (κ3) is 3.48. The van der Waals surface area contributed by atoms with Crippen molar-refractivity contribution in [2.45, 2.75) is 6.04 Å². The Morgan fingerprint density at radius 3 is 2.83 bits per heavy atom. The van der Waals surface area contributed by atoms with E-state index in [2.05, 4.69) is 10.3 Å². The molecule has 1 saturated heterocycles. The normalized spacial score (nSPS) is 16.9. The monoisotopic (exact) mass is 347 g/mol. The molecule has 2 N–H and O–H groups in total. The summed E-state index contributed by atoms with van der Waals surface area (Å²) in [5, 5.41) is 2.63. The Kier molecular flexibility index (Phi) is 4.66. The molecule has 1 aliphatic heterocycles. The van der Waals surface area contributed by atoms with Crippen molar-refractivity contribution < 1.29 is 14.0 Å². The molecule has 0 unspecified atom stereocenters. The van der Waals surface area contributed by atoms with E-state index in [1.165, 1.54) is 53.2 Å². The van der Waals surface area contributed by atoms with E-state index in [1.807, 2.05) is 0 Å². The van der Waals surface area contributed by atoms with E-state index in [-0.39, 0.29) is 17.4 Å². The Morgan fingerprint density at radius 1 is 1.29 bits per heavy atom. The minimum Gasteiger partial charge on any atom is -0.328 e. The number of rotatable bonds is 3. The zero-order valence-electron chi connectivity index (χ0n) is 12.5. The lowest BCUT2D eigenvalue weighted by atomic mass is 10.2. The van der Waals surface area contributed by atoms with E-state index >= 15 is 0 Å². The van der Waals surface area contributed by atoms with Crippen LogP contribution in [0.25, 0.3) is 0 Å². The third-order valence-electron chi connectivity index (χ3n) is 3.57. The highest BCUT2D eigenvalue weighted by Gasteiger charge is 2.35. The van der Waals surface area contributed by atoms with Gasteiger partial charge in [0.05, 0.1) is 11.4 Å². The third-order valence-corrected chi connectivity index (χ3v) is 4.58. The average molecular weight is 347 g/mol. The van der Waals surface area contributed by atoms with Gasteiger partial charge < -0.3 is 15.2 Å². The number of nitrogens with zero attached hydrogens (tertiary/aromatic N) is 1. The quantitative estimate of drug-likeness (QED) is 0.885. The summed E-state index contributed by atoms with van der Waals surface area (Å²) >= 11 is 1.46. The van der Waals surface area contributed by atoms with Crippen LogP contribution in [0.1, 0.15) is 10.4 Å². The van der Waals surface area contributed by atoms with Crippen molar-refractivity contribution in [3.8, 4) is 0 Å². The molecule has 1 aliphatic rings. The van der Waals surface area contributed by atoms with Gasteiger partial charge in [-0.15, -0.1) is 11.8 Å². The zero-order valence-corrected chi connectivity index (χ0v) is 13.3. The predicted octanol–water partition coefficient (Wildman–Crippen LogP) is 1.67. The minimum atomic E-state index is -0.655. The molecule has 24 heavy (non-hydrogen) atoms. The highest BCUT2D eigenvalue weighted by atomic mass is 32.2. The number of pyridine rings is 1. The summed E-state index contributed by atoms with van der Waals surface area (Å²) < 4.78 is 13.2. The molecule has 1 aromatic carbocycles. The summed E-state index contributed by atoms with van der Waals surface area (Å²) in [5.74, 6) is -0.330. The van der Waals surface area contributed by atoms with Crippen LogP contribution < -0.4 is 10.9 Å². The summed E-state index contributed by atoms with van der Waals surface area (Å²) in [6.45, 7) is 0. The molecule has 0 saturated carbocycles. The average Bonchev–Trinajstić information content (AvgIpc) is 3.04. The molecule has 0 aliphatic carbocycles. The smallest absolute Gasteiger partial charge is 0.256 e. The number of aromatic nitrogens is 1. The SMILES string of the molecule is O=C(Nc1cccc(F)c1)[C@H]1CSCN1C(=O)c1ccc(=O)[nH]c1. The summed E-state index contributed by atoms with van der Waals surface area (Å²) in [6, 6.07) is 7.61. The van der Waals surface area contributed by atoms with Crippen LogP contribution in [0.4, 0.5) is 10.1 Å². The fraction of sp³-hybridized carbons (Fsp3) is 0.188. The summed E-state index contributed by atoms with van der Waals surface area (Å²) in [7, 11) is 0. The van der Waals surface area contributed by atoms with Gasteiger partial charge in [0.1, 0.15) is 11.9 Å². The molecule has 0 spiro atoms. The zero-order chi connectivity index (χ0) is 17.1. The van der Waals surface area contributed by atoms with Gasteiger partial charge >= 0.3 is 0 Å². The Labute approximate surface area is 141 Å². The van der Waals surface area contributed by atoms with Gasteiger partial charge in [-0.3, -0.25) is 14.4 Å². The van der Waals surface area contributed by atoms with Crippen LogP contribution in [0.3, 0.4) is 0 Å². The highest BCUT2D eigenvalue weighted by Crippen LogP contribution is 2.24. The van der Waals surface area contributed by atoms with Crippen molar-refractivity contribution in [2.75, 3.05) is 16.9 Å². The van der Waals surface area contributed by atoms with Crippen molar-refractivity contribution in [3.63, 3.8) is 0 Å². The number of amides is 2. The van der Waals surface area contributed by atoms with Gasteiger partial charge in [0.15, 0.2) is 0 Å². The Balaban J connectivity index is 1.75. The van der Waals surface area contributed by atoms with Crippen molar-refractivity contribution in [2.24, 2.45) is 0 Å². The van der Waals surface area contributed by atoms with E-state index in [0.717, 1.165) is 0 Å². The number of carbonyl (C=O) groups is 2. The van der Waals surface area contributed by atoms with Crippen LogP contribution in [0, 0.1) is 5.82 Å². The maximum Gasteiger partial charge on any atom is 0.256 e. The number of hydrogen-bond acceptors (Lipinski definition) is 4. The summed E-state index contributed by atoms with van der Waals surface area (Å²) in [5.41, 5.74) is 0.344. The minimum absolute atomic E-state index is 0.303. The number of H-pyrrole nitrogens is 1. The van der Waals surface area contributed by atoms with E-state index < -0.39 is 11.9 Å². The first-order valence-electron chi connectivity index (χ1n) is 7.18. The van der Waals surface area contributed by atoms with Crippen LogP contribution >= 0.6 is 11.8 Å². The number of hydrogen-bond donors (Lipinski definition) is 2. The van der Waals surface area contributed by atoms with Gasteiger partial charge in [-0.1, -0.05) is 6.07 Å². The van der Waals surface area contributed by atoms with Crippen LogP contribution in [0.15, 0.2) is 47.4 Å². The number of aromatic amines is 1. The molecular weight excluding hydrogens is 333 g/mol. The van der Waals surface area contributed by atoms with Crippen molar-refractivity contribution >= 4 is 29.3 Å². The first kappa shape index (κ1) is 16.3. The Morgan fingerprint density at radius 2 is 2.12 bits per heavy atom. The van der Waals surface area contributed by atoms with E-state index in [1.54, 1.807) is 6.07 Å². The van der Waals surface area contributed by atoms with Crippen molar-refractivity contribution in [1.29, 1.82) is 0 Å². The van der Waals surface area contributed by atoms with Crippen molar-refractivity contribution in [3.05, 3.63) is 64.3 Å². The fourth-order valence-electron chi connectivity index (χ4n) is 2.36. The molecule has 2 aromatic rings. The standard InChI is InChI=1S/C16H14FN3O3S/c17-11-2-1-3-12(6-11)19-15(22)13-8-24-9-20(13)16(23)10-4-5-14(21)18-7-10/h1-7,13H,8-9H2,(H,18,21)(H,19,22)/t13-/m1/s1. The Bertz CT molecular complexity index is 819. The van der Waals surface area contributed by atoms with Gasteiger partial charge in [-0.05, 0) is 24.3 Å². The molecule has 124 valence electrons. The molecule has 2 heterocycles. The predicted molar refractivity (Wildman–Crippen MR) is 89.4 cm³/mol. The van der Waals surface area contributed by atoms with Gasteiger partial charge in [0.25, 0.3) is 5.91 Å². The summed E-state index contributed by atoms with van der Waals surface area (Å²) in [6.07, 6.45) is 1.33. The number of nitrogens with one attached hydrogen (secondary N) is 2. The molecule has 2 amide bonds. The number of benzene rings is 1. The number of halogens is 1. The second kappa shape index (κ2) is 6.88. The lowest BCUT2D eigenvalue weighted by molar-refractivity contribution is -0.119. The maximum absolute atomic E-state index is 13.2. The van der Waals surface area contributed by atoms with Crippen LogP contribution in [0.2, 0.25) is 0 Å². The van der Waals surface area contributed by atoms with Crippen molar-refractivity contribution in [1.82, 2.24) is 9.88 Å². The summed E-state index contributed by atoms with van der Waals surface area (Å²) in [4.78, 5) is 39.9. The van der Waals surface area contributed by atoms with Crippen LogP contribution in [-0.2, 0) is 4.79 Å². The Hall–Kier alpha value is -2.61. The van der Waals surface area contributed by atoms with E-state index in [0.29, 0.717) is 22.9 Å². The van der Waals surface area contributed by atoms with Crippen LogP contribution in [-0.4, -0.2) is 39.4 Å². The van der Waals surface area contributed by atoms with E-state index in [9.17, 15) is 18.8 Å². The van der Waals surface area contributed by atoms with Gasteiger partial charge in [-0.2, -0.15) is 0 Å². The maximum atomic E-state index is 13.2. The van der Waals surface area contributed by atoms with Gasteiger partial charge in [0.2, 0.25) is 11.5 Å². The second-order valence-electron chi connectivity index (χ2n) is 5.23. The topological polar surface area (TPSA) is 82.3 Å². The number of carbonyl (C=O) groups excluding carboxylic acids is 2. The van der Waals surface area contributed by atoms with Gasteiger partial charge in [-0.25, -0.2) is 4.39 Å². The van der Waals surface area contributed by atoms with Crippen LogP contribution in [0.5, 0.6) is 0 Å².